The summed E-state index contributed by atoms with van der Waals surface area (Å²) >= 11 is 0. The summed E-state index contributed by atoms with van der Waals surface area (Å²) in [6.45, 7) is 0. The summed E-state index contributed by atoms with van der Waals surface area (Å²) in [7, 11) is 0. The largest absolute Gasteiger partial charge is 1.00 e. The molecule has 0 fully saturated rings. The Bertz CT molecular complexity index is 1250. The van der Waals surface area contributed by atoms with Crippen LogP contribution in [-0.4, -0.2) is 14.8 Å². The van der Waals surface area contributed by atoms with Gasteiger partial charge in [-0.15, -0.1) is 0 Å². The van der Waals surface area contributed by atoms with Gasteiger partial charge in [0.2, 0.25) is 0 Å². The van der Waals surface area contributed by atoms with Crippen LogP contribution < -0.4 is 17.0 Å². The summed E-state index contributed by atoms with van der Waals surface area (Å²) in [5.41, 5.74) is 2.34. The van der Waals surface area contributed by atoms with Crippen LogP contribution in [0.2, 0.25) is 0 Å². The summed E-state index contributed by atoms with van der Waals surface area (Å²) in [5, 5.41) is 6.71. The van der Waals surface area contributed by atoms with Gasteiger partial charge in [-0.3, -0.25) is 0 Å². The molecule has 2 aromatic carbocycles. The summed E-state index contributed by atoms with van der Waals surface area (Å²) in [6.07, 6.45) is 5.82. The molecule has 0 saturated heterocycles. The third-order valence-electron chi connectivity index (χ3n) is 4.38. The second kappa shape index (κ2) is 6.78. The first-order chi connectivity index (χ1) is 12.8. The molecule has 0 amide bonds. The Morgan fingerprint density at radius 1 is 0.852 bits per heavy atom. The van der Waals surface area contributed by atoms with Crippen LogP contribution in [0.5, 0.6) is 0 Å². The lowest BCUT2D eigenvalue weighted by Gasteiger charge is -1.99. The normalized spacial score (nSPS) is 10.9. The fourth-order valence-corrected chi connectivity index (χ4v) is 3.17. The molecule has 27 heavy (non-hydrogen) atoms. The molecule has 0 radical (unpaired) electrons. The number of hydrogen-bond donors (Lipinski definition) is 0. The molecule has 0 aliphatic rings. The predicted molar refractivity (Wildman–Crippen MR) is 97.9 cm³/mol. The van der Waals surface area contributed by atoms with Crippen LogP contribution in [0.1, 0.15) is 0 Å². The van der Waals surface area contributed by atoms with Crippen molar-refractivity contribution in [2.45, 2.75) is 0 Å². The van der Waals surface area contributed by atoms with Gasteiger partial charge in [-0.05, 0) is 47.4 Å². The lowest BCUT2D eigenvalue weighted by molar-refractivity contribution is -0.598. The molecule has 0 N–H and O–H groups in total. The summed E-state index contributed by atoms with van der Waals surface area (Å²) < 4.78 is 17.3. The van der Waals surface area contributed by atoms with Gasteiger partial charge in [-0.1, -0.05) is 24.3 Å². The predicted octanol–water partition coefficient (Wildman–Crippen LogP) is 0.993. The van der Waals surface area contributed by atoms with Gasteiger partial charge in [0.15, 0.2) is 11.0 Å². The molecule has 0 aliphatic carbocycles. The Balaban J connectivity index is 0.00000180. The van der Waals surface area contributed by atoms with E-state index in [0.29, 0.717) is 5.69 Å². The van der Waals surface area contributed by atoms with E-state index in [9.17, 15) is 4.39 Å². The van der Waals surface area contributed by atoms with Crippen molar-refractivity contribution in [1.82, 2.24) is 14.8 Å². The highest BCUT2D eigenvalue weighted by atomic mass is 35.5. The van der Waals surface area contributed by atoms with E-state index in [1.165, 1.54) is 12.1 Å². The Labute approximate surface area is 160 Å². The van der Waals surface area contributed by atoms with E-state index in [1.54, 1.807) is 10.7 Å². The first kappa shape index (κ1) is 17.1. The minimum Gasteiger partial charge on any atom is -1.00 e. The van der Waals surface area contributed by atoms with E-state index >= 15 is 0 Å². The first-order valence-electron chi connectivity index (χ1n) is 8.30. The van der Waals surface area contributed by atoms with Crippen molar-refractivity contribution in [3.63, 3.8) is 0 Å². The van der Waals surface area contributed by atoms with Crippen molar-refractivity contribution in [3.8, 4) is 11.5 Å². The Hall–Kier alpha value is -3.31. The van der Waals surface area contributed by atoms with Gasteiger partial charge in [0.1, 0.15) is 5.82 Å². The molecule has 0 bridgehead atoms. The number of halogens is 2. The highest BCUT2D eigenvalue weighted by Gasteiger charge is 2.21. The van der Waals surface area contributed by atoms with E-state index in [2.05, 4.69) is 0 Å². The van der Waals surface area contributed by atoms with Crippen molar-refractivity contribution >= 4 is 21.8 Å². The maximum Gasteiger partial charge on any atom is 0.356 e. The summed E-state index contributed by atoms with van der Waals surface area (Å²) in [5.74, 6) is 0.456. The molecule has 0 aliphatic heterocycles. The second-order valence-corrected chi connectivity index (χ2v) is 6.05. The number of pyridine rings is 2. The summed E-state index contributed by atoms with van der Waals surface area (Å²) in [4.78, 5) is 4.81. The Morgan fingerprint density at radius 3 is 2.48 bits per heavy atom. The fourth-order valence-electron chi connectivity index (χ4n) is 3.17. The standard InChI is InChI=1S/C21H14FN4.ClH/c22-15-7-6-8-16(13-15)26-14-18-17-9-2-3-10-19(17)23-21(20(18)24-26)25-11-4-1-5-12-25;/h1-14H;1H/q+1;/p-1. The summed E-state index contributed by atoms with van der Waals surface area (Å²) in [6, 6.07) is 20.2. The maximum atomic E-state index is 13.6. The smallest absolute Gasteiger partial charge is 0.356 e. The monoisotopic (exact) mass is 376 g/mol. The first-order valence-corrected chi connectivity index (χ1v) is 8.30. The average molecular weight is 377 g/mol. The molecular formula is C21H14ClFN4. The van der Waals surface area contributed by atoms with Crippen molar-refractivity contribution < 1.29 is 21.4 Å². The van der Waals surface area contributed by atoms with Crippen LogP contribution in [0.15, 0.2) is 85.3 Å². The SMILES string of the molecule is Fc1cccc(-n2cc3c(n2)c(-[n+]2ccccc2)nc2ccccc23)c1.[Cl-]. The number of nitrogens with zero attached hydrogens (tertiary/aromatic N) is 4. The number of fused-ring (bicyclic) bond motifs is 3. The molecular weight excluding hydrogens is 363 g/mol. The Kier molecular flexibility index (Phi) is 4.30. The van der Waals surface area contributed by atoms with Crippen molar-refractivity contribution in [1.29, 1.82) is 0 Å². The van der Waals surface area contributed by atoms with Gasteiger partial charge >= 0.3 is 5.82 Å². The highest BCUT2D eigenvalue weighted by Crippen LogP contribution is 2.26. The fraction of sp³-hybridized carbons (Fsp3) is 0. The molecule has 132 valence electrons. The Morgan fingerprint density at radius 2 is 1.67 bits per heavy atom. The van der Waals surface area contributed by atoms with Crippen LogP contribution in [0.25, 0.3) is 33.3 Å². The zero-order valence-corrected chi connectivity index (χ0v) is 14.9. The minimum atomic E-state index is -0.289. The molecule has 6 heteroatoms. The van der Waals surface area contributed by atoms with Gasteiger partial charge in [0.25, 0.3) is 0 Å². The zero-order chi connectivity index (χ0) is 17.5. The number of hydrogen-bond acceptors (Lipinski definition) is 2. The topological polar surface area (TPSA) is 34.6 Å². The molecule has 3 aromatic heterocycles. The van der Waals surface area contributed by atoms with Crippen LogP contribution in [0.4, 0.5) is 4.39 Å². The average Bonchev–Trinajstić information content (AvgIpc) is 3.14. The van der Waals surface area contributed by atoms with Crippen molar-refractivity contribution in [3.05, 3.63) is 91.1 Å². The van der Waals surface area contributed by atoms with Gasteiger partial charge in [-0.25, -0.2) is 13.6 Å². The van der Waals surface area contributed by atoms with Gasteiger partial charge in [0, 0.05) is 17.0 Å². The van der Waals surface area contributed by atoms with Crippen molar-refractivity contribution in [2.75, 3.05) is 0 Å². The second-order valence-electron chi connectivity index (χ2n) is 6.05. The minimum absolute atomic E-state index is 0. The molecule has 0 spiro atoms. The highest BCUT2D eigenvalue weighted by molar-refractivity contribution is 6.06. The molecule has 3 heterocycles. The molecule has 5 aromatic rings. The van der Waals surface area contributed by atoms with Crippen LogP contribution in [0.3, 0.4) is 0 Å². The zero-order valence-electron chi connectivity index (χ0n) is 14.1. The maximum absolute atomic E-state index is 13.6. The molecule has 0 atom stereocenters. The van der Waals surface area contributed by atoms with Crippen molar-refractivity contribution in [2.24, 2.45) is 0 Å². The van der Waals surface area contributed by atoms with E-state index < -0.39 is 0 Å². The lowest BCUT2D eigenvalue weighted by atomic mass is 10.1. The van der Waals surface area contributed by atoms with E-state index in [4.69, 9.17) is 10.1 Å². The van der Waals surface area contributed by atoms with Gasteiger partial charge in [0.05, 0.1) is 18.1 Å². The van der Waals surface area contributed by atoms with Gasteiger partial charge in [-0.2, -0.15) is 5.10 Å². The van der Waals surface area contributed by atoms with E-state index in [1.807, 2.05) is 71.7 Å². The number of benzene rings is 2. The number of aromatic nitrogens is 4. The third kappa shape index (κ3) is 2.92. The van der Waals surface area contributed by atoms with Crippen LogP contribution >= 0.6 is 0 Å². The van der Waals surface area contributed by atoms with E-state index in [0.717, 1.165) is 27.6 Å². The number of rotatable bonds is 2. The van der Waals surface area contributed by atoms with Gasteiger partial charge < -0.3 is 12.4 Å². The molecule has 0 unspecified atom stereocenters. The van der Waals surface area contributed by atoms with Crippen LogP contribution in [-0.2, 0) is 0 Å². The van der Waals surface area contributed by atoms with E-state index in [-0.39, 0.29) is 18.2 Å². The number of para-hydroxylation sites is 1. The molecule has 5 rings (SSSR count). The quantitative estimate of drug-likeness (QED) is 0.431. The lowest BCUT2D eigenvalue weighted by Crippen LogP contribution is -3.00. The third-order valence-corrected chi connectivity index (χ3v) is 4.38. The molecule has 0 saturated carbocycles. The van der Waals surface area contributed by atoms with Crippen LogP contribution in [0, 0.1) is 5.82 Å². The molecule has 4 nitrogen and oxygen atoms in total.